The molecule has 0 saturated heterocycles. The van der Waals surface area contributed by atoms with Crippen LogP contribution in [0.25, 0.3) is 6.08 Å². The second-order valence-electron chi connectivity index (χ2n) is 4.62. The average Bonchev–Trinajstić information content (AvgIpc) is 3.01. The molecule has 2 aromatic rings. The van der Waals surface area contributed by atoms with Gasteiger partial charge in [-0.15, -0.1) is 0 Å². The van der Waals surface area contributed by atoms with Crippen molar-refractivity contribution in [3.8, 4) is 17.6 Å². The van der Waals surface area contributed by atoms with E-state index in [0.29, 0.717) is 22.7 Å². The van der Waals surface area contributed by atoms with Crippen LogP contribution in [0.15, 0.2) is 48.5 Å². The molecule has 3 rings (SSSR count). The fourth-order valence-corrected chi connectivity index (χ4v) is 2.00. The van der Waals surface area contributed by atoms with Crippen LogP contribution in [-0.2, 0) is 4.79 Å². The lowest BCUT2D eigenvalue weighted by Gasteiger charge is -2.02. The number of hydrogen-bond acceptors (Lipinski definition) is 4. The zero-order valence-electron chi connectivity index (χ0n) is 11.6. The van der Waals surface area contributed by atoms with Crippen LogP contribution in [0, 0.1) is 11.3 Å². The lowest BCUT2D eigenvalue weighted by Crippen LogP contribution is -2.07. The van der Waals surface area contributed by atoms with Gasteiger partial charge >= 0.3 is 0 Å². The number of rotatable bonds is 3. The van der Waals surface area contributed by atoms with E-state index in [1.54, 1.807) is 36.4 Å². The number of amides is 1. The van der Waals surface area contributed by atoms with E-state index in [9.17, 15) is 4.79 Å². The number of nitriles is 1. The molecule has 22 heavy (non-hydrogen) atoms. The summed E-state index contributed by atoms with van der Waals surface area (Å²) in [5.74, 6) is 1.14. The van der Waals surface area contributed by atoms with E-state index in [4.69, 9.17) is 14.7 Å². The van der Waals surface area contributed by atoms with Crippen molar-refractivity contribution in [2.24, 2.45) is 0 Å². The van der Waals surface area contributed by atoms with Crippen LogP contribution in [0.1, 0.15) is 11.1 Å². The quantitative estimate of drug-likeness (QED) is 0.883. The van der Waals surface area contributed by atoms with Gasteiger partial charge in [-0.1, -0.05) is 6.07 Å². The van der Waals surface area contributed by atoms with Gasteiger partial charge in [0.1, 0.15) is 0 Å². The maximum Gasteiger partial charge on any atom is 0.248 e. The number of fused-ring (bicyclic) bond motifs is 1. The first-order valence-electron chi connectivity index (χ1n) is 6.63. The molecule has 1 heterocycles. The molecule has 0 fully saturated rings. The monoisotopic (exact) mass is 292 g/mol. The second-order valence-corrected chi connectivity index (χ2v) is 4.62. The Labute approximate surface area is 127 Å². The third kappa shape index (κ3) is 3.07. The van der Waals surface area contributed by atoms with Crippen molar-refractivity contribution in [3.63, 3.8) is 0 Å². The summed E-state index contributed by atoms with van der Waals surface area (Å²) in [5.41, 5.74) is 2.03. The SMILES string of the molecule is N#Cc1ccc(NC(=O)/C=C/c2ccc3c(c2)OCO3)cc1. The number of benzene rings is 2. The Bertz CT molecular complexity index is 773. The van der Waals surface area contributed by atoms with Crippen molar-refractivity contribution >= 4 is 17.7 Å². The molecule has 0 unspecified atom stereocenters. The van der Waals surface area contributed by atoms with Gasteiger partial charge in [-0.2, -0.15) is 5.26 Å². The molecule has 1 N–H and O–H groups in total. The van der Waals surface area contributed by atoms with E-state index in [2.05, 4.69) is 5.32 Å². The molecular formula is C17H12N2O3. The van der Waals surface area contributed by atoms with Gasteiger partial charge in [-0.05, 0) is 48.0 Å². The molecule has 0 radical (unpaired) electrons. The largest absolute Gasteiger partial charge is 0.454 e. The minimum absolute atomic E-state index is 0.224. The number of ether oxygens (including phenoxy) is 2. The highest BCUT2D eigenvalue weighted by Gasteiger charge is 2.12. The van der Waals surface area contributed by atoms with Gasteiger partial charge in [0.15, 0.2) is 11.5 Å². The Morgan fingerprint density at radius 3 is 2.68 bits per heavy atom. The highest BCUT2D eigenvalue weighted by atomic mass is 16.7. The van der Waals surface area contributed by atoms with Gasteiger partial charge in [-0.3, -0.25) is 4.79 Å². The molecule has 1 aliphatic rings. The van der Waals surface area contributed by atoms with Crippen molar-refractivity contribution < 1.29 is 14.3 Å². The fraction of sp³-hybridized carbons (Fsp3) is 0.0588. The molecule has 0 aliphatic carbocycles. The summed E-state index contributed by atoms with van der Waals surface area (Å²) >= 11 is 0. The predicted octanol–water partition coefficient (Wildman–Crippen LogP) is 2.94. The zero-order chi connectivity index (χ0) is 15.4. The van der Waals surface area contributed by atoms with E-state index in [-0.39, 0.29) is 12.7 Å². The smallest absolute Gasteiger partial charge is 0.248 e. The Morgan fingerprint density at radius 2 is 1.91 bits per heavy atom. The van der Waals surface area contributed by atoms with E-state index in [0.717, 1.165) is 5.56 Å². The van der Waals surface area contributed by atoms with Gasteiger partial charge in [0.25, 0.3) is 0 Å². The molecule has 0 spiro atoms. The van der Waals surface area contributed by atoms with Crippen LogP contribution < -0.4 is 14.8 Å². The fourth-order valence-electron chi connectivity index (χ4n) is 2.00. The minimum Gasteiger partial charge on any atom is -0.454 e. The summed E-state index contributed by atoms with van der Waals surface area (Å²) in [6.45, 7) is 0.224. The van der Waals surface area contributed by atoms with Crippen molar-refractivity contribution in [1.29, 1.82) is 5.26 Å². The molecule has 0 saturated carbocycles. The van der Waals surface area contributed by atoms with Crippen LogP contribution in [0.4, 0.5) is 5.69 Å². The number of hydrogen-bond donors (Lipinski definition) is 1. The topological polar surface area (TPSA) is 71.4 Å². The summed E-state index contributed by atoms with van der Waals surface area (Å²) in [4.78, 5) is 11.9. The first-order chi connectivity index (χ1) is 10.7. The lowest BCUT2D eigenvalue weighted by molar-refractivity contribution is -0.111. The number of carbonyl (C=O) groups is 1. The van der Waals surface area contributed by atoms with Gasteiger partial charge in [-0.25, -0.2) is 0 Å². The first-order valence-corrected chi connectivity index (χ1v) is 6.63. The van der Waals surface area contributed by atoms with Gasteiger partial charge in [0.2, 0.25) is 12.7 Å². The minimum atomic E-state index is -0.248. The van der Waals surface area contributed by atoms with Crippen LogP contribution in [0.3, 0.4) is 0 Å². The summed E-state index contributed by atoms with van der Waals surface area (Å²) in [6, 6.07) is 14.2. The predicted molar refractivity (Wildman–Crippen MR) is 81.4 cm³/mol. The number of nitrogens with one attached hydrogen (secondary N) is 1. The maximum absolute atomic E-state index is 11.9. The highest BCUT2D eigenvalue weighted by Crippen LogP contribution is 2.32. The summed E-state index contributed by atoms with van der Waals surface area (Å²) < 4.78 is 10.5. The molecule has 0 aromatic heterocycles. The Morgan fingerprint density at radius 1 is 1.14 bits per heavy atom. The van der Waals surface area contributed by atoms with E-state index < -0.39 is 0 Å². The molecule has 5 heteroatoms. The van der Waals surface area contributed by atoms with Gasteiger partial charge < -0.3 is 14.8 Å². The molecule has 1 amide bonds. The average molecular weight is 292 g/mol. The number of carbonyl (C=O) groups excluding carboxylic acids is 1. The van der Waals surface area contributed by atoms with Gasteiger partial charge in [0.05, 0.1) is 11.6 Å². The number of nitrogens with zero attached hydrogens (tertiary/aromatic N) is 1. The van der Waals surface area contributed by atoms with Crippen molar-refractivity contribution in [2.45, 2.75) is 0 Å². The van der Waals surface area contributed by atoms with Crippen molar-refractivity contribution in [2.75, 3.05) is 12.1 Å². The third-order valence-electron chi connectivity index (χ3n) is 3.11. The molecule has 0 atom stereocenters. The Kier molecular flexibility index (Phi) is 3.75. The third-order valence-corrected chi connectivity index (χ3v) is 3.11. The standard InChI is InChI=1S/C17H12N2O3/c18-10-13-1-5-14(6-2-13)19-17(20)8-4-12-3-7-15-16(9-12)22-11-21-15/h1-9H,11H2,(H,19,20)/b8-4+. The maximum atomic E-state index is 11.9. The van der Waals surface area contributed by atoms with Crippen LogP contribution in [-0.4, -0.2) is 12.7 Å². The Balaban J connectivity index is 1.64. The van der Waals surface area contributed by atoms with E-state index in [1.807, 2.05) is 18.2 Å². The van der Waals surface area contributed by atoms with Crippen molar-refractivity contribution in [1.82, 2.24) is 0 Å². The first kappa shape index (κ1) is 13.7. The molecule has 108 valence electrons. The van der Waals surface area contributed by atoms with Crippen LogP contribution in [0.5, 0.6) is 11.5 Å². The summed E-state index contributed by atoms with van der Waals surface area (Å²) in [6.07, 6.45) is 3.14. The van der Waals surface area contributed by atoms with Gasteiger partial charge in [0, 0.05) is 11.8 Å². The Hall–Kier alpha value is -3.26. The second kappa shape index (κ2) is 6.02. The molecule has 2 aromatic carbocycles. The lowest BCUT2D eigenvalue weighted by atomic mass is 10.2. The summed E-state index contributed by atoms with van der Waals surface area (Å²) in [7, 11) is 0. The molecular weight excluding hydrogens is 280 g/mol. The number of anilines is 1. The molecule has 5 nitrogen and oxygen atoms in total. The summed E-state index contributed by atoms with van der Waals surface area (Å²) in [5, 5.41) is 11.4. The van der Waals surface area contributed by atoms with Crippen molar-refractivity contribution in [3.05, 3.63) is 59.7 Å². The zero-order valence-corrected chi connectivity index (χ0v) is 11.6. The van der Waals surface area contributed by atoms with Crippen LogP contribution in [0.2, 0.25) is 0 Å². The van der Waals surface area contributed by atoms with E-state index in [1.165, 1.54) is 6.08 Å². The van der Waals surface area contributed by atoms with E-state index >= 15 is 0 Å². The van der Waals surface area contributed by atoms with Crippen LogP contribution >= 0.6 is 0 Å². The molecule has 0 bridgehead atoms. The highest BCUT2D eigenvalue weighted by molar-refractivity contribution is 6.01. The molecule has 1 aliphatic heterocycles. The normalized spacial score (nSPS) is 12.1.